The number of carbonyl (C=O) groups excluding carboxylic acids is 1. The van der Waals surface area contributed by atoms with Crippen molar-refractivity contribution in [2.24, 2.45) is 0 Å². The van der Waals surface area contributed by atoms with Crippen LogP contribution in [0.4, 0.5) is 5.69 Å². The zero-order chi connectivity index (χ0) is 22.8. The molecule has 1 unspecified atom stereocenters. The first-order valence-corrected chi connectivity index (χ1v) is 11.0. The molecule has 0 bridgehead atoms. The number of carbonyl (C=O) groups is 1. The Kier molecular flexibility index (Phi) is 5.93. The normalized spacial score (nSPS) is 17.1. The molecule has 33 heavy (non-hydrogen) atoms. The van der Waals surface area contributed by atoms with Gasteiger partial charge < -0.3 is 19.5 Å². The third-order valence-corrected chi connectivity index (χ3v) is 5.79. The molecule has 170 valence electrons. The molecule has 1 fully saturated rings. The fourth-order valence-electron chi connectivity index (χ4n) is 4.25. The Hall–Kier alpha value is -3.49. The number of fused-ring (bicyclic) bond motifs is 3. The standard InChI is InChI=1S/C25H25N3O5/c1-16(29)26-20-4-2-3-17(12-20)18-5-6-22-19(11-18)7-8-28-23(22)13-24(27-25(28)30)33-15-21-14-31-9-10-32-21/h2-6,11-13,21H,7-10,14-15H2,1H3,(H,26,29). The van der Waals surface area contributed by atoms with Crippen LogP contribution >= 0.6 is 0 Å². The molecule has 1 amide bonds. The molecule has 0 saturated carbocycles. The van der Waals surface area contributed by atoms with Crippen molar-refractivity contribution in [3.63, 3.8) is 0 Å². The summed E-state index contributed by atoms with van der Waals surface area (Å²) >= 11 is 0. The van der Waals surface area contributed by atoms with Crippen LogP contribution in [0.3, 0.4) is 0 Å². The van der Waals surface area contributed by atoms with E-state index < -0.39 is 0 Å². The van der Waals surface area contributed by atoms with Crippen molar-refractivity contribution < 1.29 is 19.0 Å². The molecule has 1 saturated heterocycles. The smallest absolute Gasteiger partial charge is 0.351 e. The summed E-state index contributed by atoms with van der Waals surface area (Å²) in [6.07, 6.45) is 0.568. The summed E-state index contributed by atoms with van der Waals surface area (Å²) in [5.74, 6) is 0.189. The van der Waals surface area contributed by atoms with Crippen LogP contribution in [0, 0.1) is 0 Å². The number of rotatable bonds is 5. The lowest BCUT2D eigenvalue weighted by Crippen LogP contribution is -2.34. The van der Waals surface area contributed by atoms with Crippen molar-refractivity contribution in [2.45, 2.75) is 26.0 Å². The lowest BCUT2D eigenvalue weighted by atomic mass is 9.93. The molecule has 0 radical (unpaired) electrons. The maximum absolute atomic E-state index is 12.6. The Morgan fingerprint density at radius 1 is 1.18 bits per heavy atom. The fourth-order valence-corrected chi connectivity index (χ4v) is 4.25. The van der Waals surface area contributed by atoms with Crippen molar-refractivity contribution in [3.8, 4) is 28.3 Å². The van der Waals surface area contributed by atoms with Gasteiger partial charge in [-0.2, -0.15) is 4.98 Å². The molecule has 1 aromatic heterocycles. The van der Waals surface area contributed by atoms with E-state index in [1.807, 2.05) is 42.5 Å². The zero-order valence-corrected chi connectivity index (χ0v) is 18.4. The van der Waals surface area contributed by atoms with Crippen molar-refractivity contribution >= 4 is 11.6 Å². The number of amides is 1. The molecule has 2 aliphatic heterocycles. The van der Waals surface area contributed by atoms with E-state index in [0.29, 0.717) is 32.2 Å². The van der Waals surface area contributed by atoms with Gasteiger partial charge in [0, 0.05) is 30.8 Å². The van der Waals surface area contributed by atoms with Crippen LogP contribution in [0.25, 0.3) is 22.4 Å². The Labute approximate surface area is 191 Å². The fraction of sp³-hybridized carbons (Fsp3) is 0.320. The zero-order valence-electron chi connectivity index (χ0n) is 18.4. The van der Waals surface area contributed by atoms with E-state index in [4.69, 9.17) is 14.2 Å². The number of anilines is 1. The molecule has 1 N–H and O–H groups in total. The minimum absolute atomic E-state index is 0.103. The molecular formula is C25H25N3O5. The number of nitrogens with zero attached hydrogens (tertiary/aromatic N) is 2. The Balaban J connectivity index is 1.42. The minimum Gasteiger partial charge on any atom is -0.475 e. The van der Waals surface area contributed by atoms with Gasteiger partial charge >= 0.3 is 5.69 Å². The maximum atomic E-state index is 12.6. The first kappa shape index (κ1) is 21.4. The van der Waals surface area contributed by atoms with Gasteiger partial charge in [0.25, 0.3) is 0 Å². The lowest BCUT2D eigenvalue weighted by Gasteiger charge is -2.24. The second kappa shape index (κ2) is 9.17. The molecule has 3 aromatic rings. The van der Waals surface area contributed by atoms with Crippen molar-refractivity contribution in [2.75, 3.05) is 31.7 Å². The number of benzene rings is 2. The van der Waals surface area contributed by atoms with Crippen LogP contribution in [-0.2, 0) is 27.2 Å². The number of hydrogen-bond donors (Lipinski definition) is 1. The monoisotopic (exact) mass is 447 g/mol. The molecule has 8 heteroatoms. The summed E-state index contributed by atoms with van der Waals surface area (Å²) in [6.45, 7) is 3.94. The number of hydrogen-bond acceptors (Lipinski definition) is 6. The topological polar surface area (TPSA) is 91.7 Å². The van der Waals surface area contributed by atoms with E-state index in [1.165, 1.54) is 6.92 Å². The van der Waals surface area contributed by atoms with Gasteiger partial charge in [0.15, 0.2) is 0 Å². The first-order valence-electron chi connectivity index (χ1n) is 11.0. The van der Waals surface area contributed by atoms with E-state index in [2.05, 4.69) is 16.4 Å². The molecule has 1 atom stereocenters. The second-order valence-electron chi connectivity index (χ2n) is 8.18. The highest BCUT2D eigenvalue weighted by atomic mass is 16.6. The SMILES string of the molecule is CC(=O)Nc1cccc(-c2ccc3c(c2)CCn2c-3cc(OCC3COCCO3)nc2=O)c1. The van der Waals surface area contributed by atoms with Crippen molar-refractivity contribution in [1.29, 1.82) is 0 Å². The quantitative estimate of drug-likeness (QED) is 0.647. The van der Waals surface area contributed by atoms with Gasteiger partial charge in [0.1, 0.15) is 12.7 Å². The average molecular weight is 447 g/mol. The predicted octanol–water partition coefficient (Wildman–Crippen LogP) is 2.89. The molecular weight excluding hydrogens is 422 g/mol. The summed E-state index contributed by atoms with van der Waals surface area (Å²) in [5.41, 5.74) is 5.45. The summed E-state index contributed by atoms with van der Waals surface area (Å²) in [7, 11) is 0. The van der Waals surface area contributed by atoms with E-state index in [9.17, 15) is 9.59 Å². The lowest BCUT2D eigenvalue weighted by molar-refractivity contribution is -0.114. The number of ether oxygens (including phenoxy) is 3. The van der Waals surface area contributed by atoms with E-state index in [0.717, 1.165) is 40.1 Å². The highest BCUT2D eigenvalue weighted by molar-refractivity contribution is 5.89. The van der Waals surface area contributed by atoms with Gasteiger partial charge in [-0.05, 0) is 35.2 Å². The largest absolute Gasteiger partial charge is 0.475 e. The average Bonchev–Trinajstić information content (AvgIpc) is 2.82. The minimum atomic E-state index is -0.318. The van der Waals surface area contributed by atoms with Crippen LogP contribution in [-0.4, -0.2) is 48.0 Å². The van der Waals surface area contributed by atoms with Crippen LogP contribution in [0.1, 0.15) is 12.5 Å². The predicted molar refractivity (Wildman–Crippen MR) is 123 cm³/mol. The summed E-state index contributed by atoms with van der Waals surface area (Å²) in [4.78, 5) is 28.1. The van der Waals surface area contributed by atoms with Crippen LogP contribution in [0.15, 0.2) is 53.3 Å². The van der Waals surface area contributed by atoms with Crippen LogP contribution in [0.5, 0.6) is 5.88 Å². The summed E-state index contributed by atoms with van der Waals surface area (Å²) < 4.78 is 18.5. The van der Waals surface area contributed by atoms with Crippen LogP contribution < -0.4 is 15.7 Å². The highest BCUT2D eigenvalue weighted by Crippen LogP contribution is 2.33. The van der Waals surface area contributed by atoms with E-state index in [-0.39, 0.29) is 24.3 Å². The van der Waals surface area contributed by atoms with E-state index >= 15 is 0 Å². The number of aromatic nitrogens is 2. The Bertz CT molecular complexity index is 1250. The Morgan fingerprint density at radius 2 is 2.06 bits per heavy atom. The van der Waals surface area contributed by atoms with Gasteiger partial charge in [-0.3, -0.25) is 9.36 Å². The molecule has 5 rings (SSSR count). The molecule has 3 heterocycles. The van der Waals surface area contributed by atoms with Crippen LogP contribution in [0.2, 0.25) is 0 Å². The summed E-state index contributed by atoms with van der Waals surface area (Å²) in [5, 5.41) is 2.82. The first-order chi connectivity index (χ1) is 16.1. The van der Waals surface area contributed by atoms with Gasteiger partial charge in [-0.15, -0.1) is 0 Å². The molecule has 0 spiro atoms. The van der Waals surface area contributed by atoms with Gasteiger partial charge in [-0.25, -0.2) is 4.79 Å². The van der Waals surface area contributed by atoms with Gasteiger partial charge in [0.05, 0.1) is 25.5 Å². The molecule has 8 nitrogen and oxygen atoms in total. The summed E-state index contributed by atoms with van der Waals surface area (Å²) in [6, 6.07) is 15.8. The third-order valence-electron chi connectivity index (χ3n) is 5.79. The van der Waals surface area contributed by atoms with E-state index in [1.54, 1.807) is 4.57 Å². The highest BCUT2D eigenvalue weighted by Gasteiger charge is 2.21. The number of aryl methyl sites for hydroxylation is 1. The Morgan fingerprint density at radius 3 is 2.88 bits per heavy atom. The maximum Gasteiger partial charge on any atom is 0.351 e. The second-order valence-corrected chi connectivity index (χ2v) is 8.18. The molecule has 2 aromatic carbocycles. The van der Waals surface area contributed by atoms with Gasteiger partial charge in [-0.1, -0.05) is 30.3 Å². The van der Waals surface area contributed by atoms with Gasteiger partial charge in [0.2, 0.25) is 11.8 Å². The molecule has 2 aliphatic rings. The van der Waals surface area contributed by atoms with Crippen molar-refractivity contribution in [1.82, 2.24) is 9.55 Å². The number of nitrogens with one attached hydrogen (secondary N) is 1. The third kappa shape index (κ3) is 4.67. The van der Waals surface area contributed by atoms with Crippen molar-refractivity contribution in [3.05, 3.63) is 64.6 Å². The molecule has 0 aliphatic carbocycles.